The number of fused-ring (bicyclic) bond motifs is 1. The molecule has 3 heterocycles. The minimum absolute atomic E-state index is 0.355. The van der Waals surface area contributed by atoms with Gasteiger partial charge in [-0.3, -0.25) is 0 Å². The number of ether oxygens (including phenoxy) is 1. The molecule has 3 atom stereocenters. The summed E-state index contributed by atoms with van der Waals surface area (Å²) in [6.07, 6.45) is 2.01. The van der Waals surface area contributed by atoms with Crippen LogP contribution in [0.3, 0.4) is 0 Å². The number of nitrogens with zero attached hydrogens (tertiary/aromatic N) is 5. The Kier molecular flexibility index (Phi) is 5.02. The van der Waals surface area contributed by atoms with E-state index in [1.807, 2.05) is 19.0 Å². The smallest absolute Gasteiger partial charge is 0.134 e. The van der Waals surface area contributed by atoms with Crippen LogP contribution in [0.15, 0.2) is 12.4 Å². The maximum absolute atomic E-state index is 6.09. The molecule has 23 heavy (non-hydrogen) atoms. The Labute approximate surface area is 139 Å². The molecule has 2 aliphatic rings. The van der Waals surface area contributed by atoms with Gasteiger partial charge in [-0.05, 0) is 13.1 Å². The molecule has 2 fully saturated rings. The fourth-order valence-electron chi connectivity index (χ4n) is 3.74. The lowest BCUT2D eigenvalue weighted by Crippen LogP contribution is -2.34. The van der Waals surface area contributed by atoms with Crippen LogP contribution in [0.4, 0.5) is 11.6 Å². The second kappa shape index (κ2) is 7.01. The summed E-state index contributed by atoms with van der Waals surface area (Å²) in [4.78, 5) is 15.7. The van der Waals surface area contributed by atoms with Crippen LogP contribution < -0.4 is 9.80 Å². The summed E-state index contributed by atoms with van der Waals surface area (Å²) in [5.74, 6) is 3.23. The van der Waals surface area contributed by atoms with E-state index in [0.717, 1.165) is 51.0 Å². The lowest BCUT2D eigenvalue weighted by Gasteiger charge is -2.26. The molecule has 128 valence electrons. The van der Waals surface area contributed by atoms with Crippen LogP contribution in [0.25, 0.3) is 0 Å². The van der Waals surface area contributed by atoms with Crippen molar-refractivity contribution in [2.75, 3.05) is 63.2 Å². The molecule has 0 radical (unpaired) electrons. The van der Waals surface area contributed by atoms with Crippen molar-refractivity contribution in [3.63, 3.8) is 0 Å². The quantitative estimate of drug-likeness (QED) is 0.788. The maximum atomic E-state index is 6.09. The predicted molar refractivity (Wildman–Crippen MR) is 93.1 cm³/mol. The van der Waals surface area contributed by atoms with E-state index in [1.165, 1.54) is 0 Å². The molecule has 2 aliphatic heterocycles. The first-order chi connectivity index (χ1) is 11.1. The number of hydrogen-bond acceptors (Lipinski definition) is 6. The molecule has 3 rings (SSSR count). The van der Waals surface area contributed by atoms with Crippen LogP contribution in [0.1, 0.15) is 13.8 Å². The number of anilines is 2. The maximum Gasteiger partial charge on any atom is 0.134 e. The second-order valence-corrected chi connectivity index (χ2v) is 6.82. The Bertz CT molecular complexity index is 519. The van der Waals surface area contributed by atoms with Crippen molar-refractivity contribution < 1.29 is 4.74 Å². The third kappa shape index (κ3) is 3.43. The Morgan fingerprint density at radius 2 is 2.00 bits per heavy atom. The van der Waals surface area contributed by atoms with E-state index >= 15 is 0 Å². The molecule has 6 heteroatoms. The van der Waals surface area contributed by atoms with Gasteiger partial charge in [0.05, 0.1) is 12.7 Å². The lowest BCUT2D eigenvalue weighted by molar-refractivity contribution is 0.109. The number of rotatable bonds is 6. The summed E-state index contributed by atoms with van der Waals surface area (Å²) in [6.45, 7) is 10.8. The highest BCUT2D eigenvalue weighted by atomic mass is 16.5. The summed E-state index contributed by atoms with van der Waals surface area (Å²) in [5, 5.41) is 0. The molecule has 6 nitrogen and oxygen atoms in total. The van der Waals surface area contributed by atoms with Gasteiger partial charge in [-0.25, -0.2) is 9.97 Å². The van der Waals surface area contributed by atoms with Crippen molar-refractivity contribution in [2.24, 2.45) is 11.8 Å². The van der Waals surface area contributed by atoms with Gasteiger partial charge < -0.3 is 19.4 Å². The highest BCUT2D eigenvalue weighted by molar-refractivity contribution is 5.50. The van der Waals surface area contributed by atoms with Gasteiger partial charge in [-0.15, -0.1) is 0 Å². The van der Waals surface area contributed by atoms with Gasteiger partial charge in [-0.1, -0.05) is 13.8 Å². The van der Waals surface area contributed by atoms with E-state index in [1.54, 1.807) is 6.33 Å². The van der Waals surface area contributed by atoms with E-state index in [0.29, 0.717) is 17.9 Å². The highest BCUT2D eigenvalue weighted by Crippen LogP contribution is 2.36. The van der Waals surface area contributed by atoms with Gasteiger partial charge in [0, 0.05) is 51.6 Å². The molecule has 0 saturated carbocycles. The predicted octanol–water partition coefficient (Wildman–Crippen LogP) is 1.34. The molecule has 0 bridgehead atoms. The lowest BCUT2D eigenvalue weighted by atomic mass is 9.92. The average molecular weight is 319 g/mol. The Hall–Kier alpha value is -1.40. The molecule has 0 unspecified atom stereocenters. The normalized spacial score (nSPS) is 26.8. The fourth-order valence-corrected chi connectivity index (χ4v) is 3.74. The van der Waals surface area contributed by atoms with Crippen molar-refractivity contribution in [2.45, 2.75) is 20.0 Å². The van der Waals surface area contributed by atoms with Gasteiger partial charge in [0.2, 0.25) is 0 Å². The third-order valence-corrected chi connectivity index (χ3v) is 5.25. The molecule has 2 saturated heterocycles. The van der Waals surface area contributed by atoms with Crippen molar-refractivity contribution in [3.8, 4) is 0 Å². The molecular formula is C17H29N5O. The zero-order valence-corrected chi connectivity index (χ0v) is 14.8. The number of aromatic nitrogens is 2. The zero-order valence-electron chi connectivity index (χ0n) is 14.8. The summed E-state index contributed by atoms with van der Waals surface area (Å²) < 4.78 is 6.09. The monoisotopic (exact) mass is 319 g/mol. The topological polar surface area (TPSA) is 44.7 Å². The minimum Gasteiger partial charge on any atom is -0.376 e. The van der Waals surface area contributed by atoms with Crippen LogP contribution in [0.2, 0.25) is 0 Å². The first kappa shape index (κ1) is 16.5. The largest absolute Gasteiger partial charge is 0.376 e. The van der Waals surface area contributed by atoms with E-state index < -0.39 is 0 Å². The highest BCUT2D eigenvalue weighted by Gasteiger charge is 2.44. The van der Waals surface area contributed by atoms with E-state index in [2.05, 4.69) is 39.7 Å². The average Bonchev–Trinajstić information content (AvgIpc) is 3.14. The molecule has 1 aromatic heterocycles. The van der Waals surface area contributed by atoms with Gasteiger partial charge in [0.1, 0.15) is 18.0 Å². The fraction of sp³-hybridized carbons (Fsp3) is 0.765. The SMILES string of the molecule is CCN(CC)C[C@@H]1CO[C@@H]2CN(c3cc(N(C)C)ncn3)C[C@H]12. The summed E-state index contributed by atoms with van der Waals surface area (Å²) in [6, 6.07) is 2.07. The molecule has 0 aliphatic carbocycles. The molecule has 0 spiro atoms. The van der Waals surface area contributed by atoms with Crippen molar-refractivity contribution >= 4 is 11.6 Å². The van der Waals surface area contributed by atoms with Gasteiger partial charge in [0.15, 0.2) is 0 Å². The van der Waals surface area contributed by atoms with Crippen molar-refractivity contribution in [1.82, 2.24) is 14.9 Å². The number of hydrogen-bond donors (Lipinski definition) is 0. The molecule has 1 aromatic rings. The first-order valence-electron chi connectivity index (χ1n) is 8.70. The molecule has 0 aromatic carbocycles. The van der Waals surface area contributed by atoms with Gasteiger partial charge in [0.25, 0.3) is 0 Å². The van der Waals surface area contributed by atoms with Crippen molar-refractivity contribution in [3.05, 3.63) is 12.4 Å². The van der Waals surface area contributed by atoms with Crippen LogP contribution in [0.5, 0.6) is 0 Å². The van der Waals surface area contributed by atoms with Crippen LogP contribution >= 0.6 is 0 Å². The first-order valence-corrected chi connectivity index (χ1v) is 8.70. The molecule has 0 N–H and O–H groups in total. The van der Waals surface area contributed by atoms with Crippen molar-refractivity contribution in [1.29, 1.82) is 0 Å². The third-order valence-electron chi connectivity index (χ3n) is 5.25. The minimum atomic E-state index is 0.355. The Morgan fingerprint density at radius 3 is 2.70 bits per heavy atom. The standard InChI is InChI=1S/C17H29N5O/c1-5-21(6-2)8-13-11-23-15-10-22(9-14(13)15)17-7-16(20(3)4)18-12-19-17/h7,12-15H,5-6,8-11H2,1-4H3/t13-,14-,15-/m1/s1. The van der Waals surface area contributed by atoms with E-state index in [4.69, 9.17) is 4.74 Å². The molecule has 0 amide bonds. The van der Waals surface area contributed by atoms with Crippen LogP contribution in [0, 0.1) is 11.8 Å². The second-order valence-electron chi connectivity index (χ2n) is 6.82. The van der Waals surface area contributed by atoms with Gasteiger partial charge >= 0.3 is 0 Å². The Morgan fingerprint density at radius 1 is 1.22 bits per heavy atom. The summed E-state index contributed by atoms with van der Waals surface area (Å²) in [7, 11) is 4.02. The van der Waals surface area contributed by atoms with E-state index in [-0.39, 0.29) is 0 Å². The van der Waals surface area contributed by atoms with Gasteiger partial charge in [-0.2, -0.15) is 0 Å². The zero-order chi connectivity index (χ0) is 16.4. The Balaban J connectivity index is 1.67. The summed E-state index contributed by atoms with van der Waals surface area (Å²) in [5.41, 5.74) is 0. The summed E-state index contributed by atoms with van der Waals surface area (Å²) >= 11 is 0. The van der Waals surface area contributed by atoms with Crippen LogP contribution in [-0.2, 0) is 4.74 Å². The molecular weight excluding hydrogens is 290 g/mol. The van der Waals surface area contributed by atoms with E-state index in [9.17, 15) is 0 Å². The van der Waals surface area contributed by atoms with Crippen LogP contribution in [-0.4, -0.2) is 74.4 Å².